The van der Waals surface area contributed by atoms with Gasteiger partial charge in [0.25, 0.3) is 0 Å². The van der Waals surface area contributed by atoms with Crippen LogP contribution in [-0.2, 0) is 10.0 Å². The molecule has 1 saturated heterocycles. The summed E-state index contributed by atoms with van der Waals surface area (Å²) < 4.78 is 26.0. The molecule has 1 heterocycles. The van der Waals surface area contributed by atoms with Gasteiger partial charge in [0, 0.05) is 13.1 Å². The number of piperidine rings is 1. The summed E-state index contributed by atoms with van der Waals surface area (Å²) in [5, 5.41) is 8.05. The molecule has 0 bridgehead atoms. The van der Waals surface area contributed by atoms with Gasteiger partial charge in [-0.1, -0.05) is 33.6 Å². The zero-order chi connectivity index (χ0) is 13.8. The highest BCUT2D eigenvalue weighted by Crippen LogP contribution is 2.38. The Morgan fingerprint density at radius 3 is 2.06 bits per heavy atom. The zero-order valence-corrected chi connectivity index (χ0v) is 12.5. The van der Waals surface area contributed by atoms with Crippen molar-refractivity contribution in [3.05, 3.63) is 0 Å². The molecule has 0 amide bonds. The van der Waals surface area contributed by atoms with Crippen molar-refractivity contribution in [1.29, 1.82) is 5.26 Å². The minimum absolute atomic E-state index is 0.306. The molecule has 104 valence electrons. The SMILES string of the molecule is CCC(C#N)S(=O)(=O)N1CCC(CC)(CC)CC1. The summed E-state index contributed by atoms with van der Waals surface area (Å²) in [5.41, 5.74) is 0.306. The summed E-state index contributed by atoms with van der Waals surface area (Å²) in [6.45, 7) is 7.25. The van der Waals surface area contributed by atoms with E-state index in [9.17, 15) is 8.42 Å². The maximum atomic E-state index is 12.2. The lowest BCUT2D eigenvalue weighted by molar-refractivity contribution is 0.141. The van der Waals surface area contributed by atoms with Crippen LogP contribution in [-0.4, -0.2) is 31.1 Å². The van der Waals surface area contributed by atoms with Gasteiger partial charge in [0.1, 0.15) is 0 Å². The second-order valence-corrected chi connectivity index (χ2v) is 7.29. The maximum Gasteiger partial charge on any atom is 0.230 e. The smallest absolute Gasteiger partial charge is 0.211 e. The molecule has 0 spiro atoms. The third kappa shape index (κ3) is 2.86. The monoisotopic (exact) mass is 272 g/mol. The van der Waals surface area contributed by atoms with Crippen LogP contribution in [0.4, 0.5) is 0 Å². The van der Waals surface area contributed by atoms with E-state index < -0.39 is 15.3 Å². The molecule has 1 atom stereocenters. The van der Waals surface area contributed by atoms with Crippen molar-refractivity contribution in [3.8, 4) is 6.07 Å². The third-order valence-electron chi connectivity index (χ3n) is 4.52. The highest BCUT2D eigenvalue weighted by molar-refractivity contribution is 7.90. The summed E-state index contributed by atoms with van der Waals surface area (Å²) in [6.07, 6.45) is 4.41. The fourth-order valence-electron chi connectivity index (χ4n) is 2.72. The Kier molecular flexibility index (Phi) is 5.18. The second kappa shape index (κ2) is 6.03. The standard InChI is InChI=1S/C13H24N2O2S/c1-4-12(11-14)18(16,17)15-9-7-13(5-2,6-3)8-10-15/h12H,4-10H2,1-3H3. The van der Waals surface area contributed by atoms with Gasteiger partial charge in [-0.25, -0.2) is 12.7 Å². The number of nitrogens with zero attached hydrogens (tertiary/aromatic N) is 2. The molecule has 1 aliphatic heterocycles. The van der Waals surface area contributed by atoms with Crippen LogP contribution in [0.15, 0.2) is 0 Å². The van der Waals surface area contributed by atoms with Crippen LogP contribution < -0.4 is 0 Å². The molecule has 0 aromatic carbocycles. The van der Waals surface area contributed by atoms with Crippen molar-refractivity contribution in [2.75, 3.05) is 13.1 Å². The van der Waals surface area contributed by atoms with Crippen molar-refractivity contribution in [3.63, 3.8) is 0 Å². The summed E-state index contributed by atoms with van der Waals surface area (Å²) >= 11 is 0. The van der Waals surface area contributed by atoms with E-state index in [0.29, 0.717) is 24.9 Å². The highest BCUT2D eigenvalue weighted by Gasteiger charge is 2.38. The van der Waals surface area contributed by atoms with Crippen LogP contribution in [0.5, 0.6) is 0 Å². The molecule has 1 unspecified atom stereocenters. The molecule has 0 aliphatic carbocycles. The summed E-state index contributed by atoms with van der Waals surface area (Å²) in [4.78, 5) is 0. The Bertz CT molecular complexity index is 397. The van der Waals surface area contributed by atoms with Crippen LogP contribution in [0.25, 0.3) is 0 Å². The fourth-order valence-corrected chi connectivity index (χ4v) is 4.33. The number of nitriles is 1. The Labute approximate surface area is 111 Å². The molecule has 0 aromatic rings. The van der Waals surface area contributed by atoms with Gasteiger partial charge in [-0.05, 0) is 24.7 Å². The topological polar surface area (TPSA) is 61.2 Å². The molecule has 0 saturated carbocycles. The lowest BCUT2D eigenvalue weighted by Crippen LogP contribution is -2.46. The molecule has 1 rings (SSSR count). The van der Waals surface area contributed by atoms with Gasteiger partial charge in [-0.3, -0.25) is 0 Å². The van der Waals surface area contributed by atoms with Gasteiger partial charge in [-0.15, -0.1) is 0 Å². The van der Waals surface area contributed by atoms with Gasteiger partial charge in [-0.2, -0.15) is 5.26 Å². The van der Waals surface area contributed by atoms with Crippen LogP contribution in [0.2, 0.25) is 0 Å². The quantitative estimate of drug-likeness (QED) is 0.772. The van der Waals surface area contributed by atoms with Crippen LogP contribution in [0.1, 0.15) is 52.9 Å². The Morgan fingerprint density at radius 2 is 1.72 bits per heavy atom. The molecule has 1 aliphatic rings. The number of sulfonamides is 1. The Hall–Kier alpha value is -0.600. The first-order chi connectivity index (χ1) is 8.45. The van der Waals surface area contributed by atoms with Gasteiger partial charge >= 0.3 is 0 Å². The fraction of sp³-hybridized carbons (Fsp3) is 0.923. The lowest BCUT2D eigenvalue weighted by atomic mass is 9.75. The van der Waals surface area contributed by atoms with Crippen LogP contribution >= 0.6 is 0 Å². The van der Waals surface area contributed by atoms with E-state index in [0.717, 1.165) is 25.7 Å². The van der Waals surface area contributed by atoms with Crippen LogP contribution in [0, 0.1) is 16.7 Å². The van der Waals surface area contributed by atoms with Crippen molar-refractivity contribution in [2.24, 2.45) is 5.41 Å². The van der Waals surface area contributed by atoms with E-state index in [4.69, 9.17) is 5.26 Å². The van der Waals surface area contributed by atoms with Gasteiger partial charge in [0.2, 0.25) is 10.0 Å². The molecule has 4 nitrogen and oxygen atoms in total. The zero-order valence-electron chi connectivity index (χ0n) is 11.6. The highest BCUT2D eigenvalue weighted by atomic mass is 32.2. The summed E-state index contributed by atoms with van der Waals surface area (Å²) in [7, 11) is -3.42. The van der Waals surface area contributed by atoms with E-state index in [1.54, 1.807) is 6.92 Å². The number of rotatable bonds is 5. The van der Waals surface area contributed by atoms with Crippen molar-refractivity contribution in [1.82, 2.24) is 4.31 Å². The predicted octanol–water partition coefficient (Wildman–Crippen LogP) is 2.52. The Balaban J connectivity index is 2.77. The van der Waals surface area contributed by atoms with Crippen molar-refractivity contribution >= 4 is 10.0 Å². The molecule has 0 N–H and O–H groups in total. The van der Waals surface area contributed by atoms with E-state index in [1.165, 1.54) is 4.31 Å². The molecule has 0 radical (unpaired) electrons. The molecule has 1 fully saturated rings. The van der Waals surface area contributed by atoms with E-state index in [2.05, 4.69) is 13.8 Å². The van der Waals surface area contributed by atoms with E-state index in [-0.39, 0.29) is 0 Å². The van der Waals surface area contributed by atoms with Crippen molar-refractivity contribution < 1.29 is 8.42 Å². The summed E-state index contributed by atoms with van der Waals surface area (Å²) in [6, 6.07) is 1.91. The maximum absolute atomic E-state index is 12.2. The lowest BCUT2D eigenvalue weighted by Gasteiger charge is -2.40. The van der Waals surface area contributed by atoms with Gasteiger partial charge in [0.15, 0.2) is 5.25 Å². The molecule has 5 heteroatoms. The number of hydrogen-bond donors (Lipinski definition) is 0. The van der Waals surface area contributed by atoms with Gasteiger partial charge in [0.05, 0.1) is 6.07 Å². The van der Waals surface area contributed by atoms with Crippen molar-refractivity contribution in [2.45, 2.75) is 58.1 Å². The third-order valence-corrected chi connectivity index (χ3v) is 6.76. The summed E-state index contributed by atoms with van der Waals surface area (Å²) in [5.74, 6) is 0. The molecule has 0 aromatic heterocycles. The first-order valence-corrected chi connectivity index (χ1v) is 8.34. The Morgan fingerprint density at radius 1 is 1.22 bits per heavy atom. The average molecular weight is 272 g/mol. The first-order valence-electron chi connectivity index (χ1n) is 6.84. The first kappa shape index (κ1) is 15.5. The van der Waals surface area contributed by atoms with E-state index in [1.807, 2.05) is 6.07 Å². The normalized spacial score (nSPS) is 22.3. The van der Waals surface area contributed by atoms with Gasteiger partial charge < -0.3 is 0 Å². The average Bonchev–Trinajstić information content (AvgIpc) is 2.40. The molecule has 18 heavy (non-hydrogen) atoms. The second-order valence-electron chi connectivity index (χ2n) is 5.18. The van der Waals surface area contributed by atoms with Crippen LogP contribution in [0.3, 0.4) is 0 Å². The molecular weight excluding hydrogens is 248 g/mol. The largest absolute Gasteiger partial charge is 0.230 e. The number of hydrogen-bond acceptors (Lipinski definition) is 3. The minimum Gasteiger partial charge on any atom is -0.211 e. The van der Waals surface area contributed by atoms with E-state index >= 15 is 0 Å². The molecular formula is C13H24N2O2S. The predicted molar refractivity (Wildman–Crippen MR) is 72.4 cm³/mol. The minimum atomic E-state index is -3.42.